The Balaban J connectivity index is 2.31. The zero-order chi connectivity index (χ0) is 8.43. The Morgan fingerprint density at radius 1 is 1.18 bits per heavy atom. The summed E-state index contributed by atoms with van der Waals surface area (Å²) < 4.78 is 0. The highest BCUT2D eigenvalue weighted by molar-refractivity contribution is 4.86. The largest absolute Gasteiger partial charge is 0.311 e. The van der Waals surface area contributed by atoms with Crippen molar-refractivity contribution in [3.63, 3.8) is 0 Å². The van der Waals surface area contributed by atoms with E-state index in [1.54, 1.807) is 0 Å². The molecule has 1 fully saturated rings. The predicted molar refractivity (Wildman–Crippen MR) is 49.6 cm³/mol. The maximum absolute atomic E-state index is 3.37. The molecule has 1 unspecified atom stereocenters. The molecule has 11 heavy (non-hydrogen) atoms. The molecule has 0 spiro atoms. The highest BCUT2D eigenvalue weighted by atomic mass is 15.1. The van der Waals surface area contributed by atoms with E-state index in [9.17, 15) is 0 Å². The van der Waals surface area contributed by atoms with Crippen LogP contribution in [0.4, 0.5) is 0 Å². The third-order valence-corrected chi connectivity index (χ3v) is 2.76. The van der Waals surface area contributed by atoms with Gasteiger partial charge < -0.3 is 5.32 Å². The molecule has 0 radical (unpaired) electrons. The van der Waals surface area contributed by atoms with Crippen molar-refractivity contribution in [2.24, 2.45) is 17.8 Å². The van der Waals surface area contributed by atoms with E-state index >= 15 is 0 Å². The second-order valence-electron chi connectivity index (χ2n) is 4.49. The van der Waals surface area contributed by atoms with Gasteiger partial charge in [-0.2, -0.15) is 0 Å². The van der Waals surface area contributed by atoms with Crippen molar-refractivity contribution >= 4 is 0 Å². The van der Waals surface area contributed by atoms with E-state index in [1.807, 2.05) is 0 Å². The number of nitrogens with one attached hydrogen (secondary N) is 1. The third kappa shape index (κ3) is 2.82. The lowest BCUT2D eigenvalue weighted by molar-refractivity contribution is 0.268. The van der Waals surface area contributed by atoms with Gasteiger partial charge >= 0.3 is 0 Å². The molecule has 1 saturated heterocycles. The molecule has 0 aliphatic carbocycles. The molecule has 0 saturated carbocycles. The van der Waals surface area contributed by atoms with Gasteiger partial charge in [0.05, 0.1) is 0 Å². The van der Waals surface area contributed by atoms with Gasteiger partial charge in [-0.3, -0.25) is 0 Å². The summed E-state index contributed by atoms with van der Waals surface area (Å²) in [7, 11) is 0. The zero-order valence-electron chi connectivity index (χ0n) is 8.22. The fourth-order valence-corrected chi connectivity index (χ4v) is 1.89. The maximum atomic E-state index is 3.37. The van der Waals surface area contributed by atoms with Crippen LogP contribution < -0.4 is 5.32 Å². The summed E-state index contributed by atoms with van der Waals surface area (Å²) in [5.74, 6) is 2.60. The van der Waals surface area contributed by atoms with E-state index in [0.29, 0.717) is 0 Å². The van der Waals surface area contributed by atoms with E-state index in [0.717, 1.165) is 23.8 Å². The van der Waals surface area contributed by atoms with E-state index in [4.69, 9.17) is 0 Å². The van der Waals surface area contributed by atoms with Gasteiger partial charge in [0.25, 0.3) is 0 Å². The molecule has 1 rings (SSSR count). The molecule has 0 amide bonds. The zero-order valence-corrected chi connectivity index (χ0v) is 8.22. The molecule has 0 aromatic rings. The fraction of sp³-hybridized carbons (Fsp3) is 1.00. The minimum absolute atomic E-state index is 0.845. The van der Waals surface area contributed by atoms with Gasteiger partial charge in [-0.25, -0.2) is 0 Å². The van der Waals surface area contributed by atoms with Crippen LogP contribution in [-0.4, -0.2) is 12.6 Å². The van der Waals surface area contributed by atoms with Crippen LogP contribution in [0, 0.1) is 17.8 Å². The summed E-state index contributed by atoms with van der Waals surface area (Å²) in [5.41, 5.74) is 0. The Bertz CT molecular complexity index is 106. The summed E-state index contributed by atoms with van der Waals surface area (Å²) in [5, 5.41) is 3.37. The summed E-state index contributed by atoms with van der Waals surface area (Å²) in [6.07, 6.45) is 1.38. The van der Waals surface area contributed by atoms with Crippen LogP contribution in [0.2, 0.25) is 0 Å². The molecule has 1 nitrogen and oxygen atoms in total. The Hall–Kier alpha value is -0.0400. The molecule has 0 aromatic carbocycles. The Kier molecular flexibility index (Phi) is 2.94. The fourth-order valence-electron chi connectivity index (χ4n) is 1.89. The minimum Gasteiger partial charge on any atom is -0.311 e. The van der Waals surface area contributed by atoms with Gasteiger partial charge in [0, 0.05) is 12.6 Å². The summed E-state index contributed by atoms with van der Waals surface area (Å²) in [4.78, 5) is 0. The van der Waals surface area contributed by atoms with Crippen molar-refractivity contribution in [1.29, 1.82) is 0 Å². The van der Waals surface area contributed by atoms with Crippen molar-refractivity contribution in [1.82, 2.24) is 5.32 Å². The van der Waals surface area contributed by atoms with Crippen LogP contribution in [0.1, 0.15) is 34.1 Å². The first-order chi connectivity index (χ1) is 5.11. The average molecular weight is 155 g/mol. The molecular weight excluding hydrogens is 134 g/mol. The van der Waals surface area contributed by atoms with Gasteiger partial charge in [0.2, 0.25) is 0 Å². The van der Waals surface area contributed by atoms with Crippen molar-refractivity contribution < 1.29 is 0 Å². The lowest BCUT2D eigenvalue weighted by Crippen LogP contribution is -2.18. The molecule has 1 aliphatic rings. The molecule has 0 bridgehead atoms. The second-order valence-corrected chi connectivity index (χ2v) is 4.49. The first kappa shape index (κ1) is 9.05. The van der Waals surface area contributed by atoms with Crippen molar-refractivity contribution in [3.05, 3.63) is 0 Å². The van der Waals surface area contributed by atoms with E-state index < -0.39 is 0 Å². The lowest BCUT2D eigenvalue weighted by Gasteiger charge is -2.24. The standard InChI is InChI=1S/C10H21N/c1-7(2)10(8(3)4)5-9-6-11-9/h7-11H,5-6H2,1-4H3. The maximum Gasteiger partial charge on any atom is 0.0196 e. The SMILES string of the molecule is CC(C)C(CC1CN1)C(C)C. The Labute approximate surface area is 70.6 Å². The monoisotopic (exact) mass is 155 g/mol. The molecule has 66 valence electrons. The quantitative estimate of drug-likeness (QED) is 0.618. The molecule has 1 heteroatoms. The van der Waals surface area contributed by atoms with E-state index in [-0.39, 0.29) is 0 Å². The number of hydrogen-bond acceptors (Lipinski definition) is 1. The number of rotatable bonds is 4. The molecule has 1 aliphatic heterocycles. The Morgan fingerprint density at radius 3 is 1.91 bits per heavy atom. The van der Waals surface area contributed by atoms with Gasteiger partial charge in [-0.15, -0.1) is 0 Å². The molecule has 1 N–H and O–H groups in total. The molecule has 1 heterocycles. The van der Waals surface area contributed by atoms with E-state index in [2.05, 4.69) is 33.0 Å². The van der Waals surface area contributed by atoms with Crippen molar-refractivity contribution in [2.75, 3.05) is 6.54 Å². The van der Waals surface area contributed by atoms with Crippen molar-refractivity contribution in [3.8, 4) is 0 Å². The van der Waals surface area contributed by atoms with E-state index in [1.165, 1.54) is 13.0 Å². The van der Waals surface area contributed by atoms with Gasteiger partial charge in [0.1, 0.15) is 0 Å². The normalized spacial score (nSPS) is 23.7. The lowest BCUT2D eigenvalue weighted by atomic mass is 9.82. The smallest absolute Gasteiger partial charge is 0.0196 e. The Morgan fingerprint density at radius 2 is 1.64 bits per heavy atom. The van der Waals surface area contributed by atoms with Gasteiger partial charge in [-0.1, -0.05) is 27.7 Å². The molecular formula is C10H21N. The van der Waals surface area contributed by atoms with Gasteiger partial charge in [-0.05, 0) is 24.2 Å². The predicted octanol–water partition coefficient (Wildman–Crippen LogP) is 2.28. The third-order valence-electron chi connectivity index (χ3n) is 2.76. The van der Waals surface area contributed by atoms with Crippen molar-refractivity contribution in [2.45, 2.75) is 40.2 Å². The molecule has 0 aromatic heterocycles. The van der Waals surface area contributed by atoms with Crippen LogP contribution in [0.15, 0.2) is 0 Å². The average Bonchev–Trinajstić information content (AvgIpc) is 2.63. The van der Waals surface area contributed by atoms with Crippen LogP contribution in [0.5, 0.6) is 0 Å². The summed E-state index contributed by atoms with van der Waals surface area (Å²) in [6, 6.07) is 0.852. The first-order valence-corrected chi connectivity index (χ1v) is 4.84. The molecule has 1 atom stereocenters. The van der Waals surface area contributed by atoms with Crippen LogP contribution >= 0.6 is 0 Å². The second kappa shape index (κ2) is 3.57. The highest BCUT2D eigenvalue weighted by Gasteiger charge is 2.27. The first-order valence-electron chi connectivity index (χ1n) is 4.84. The summed E-state index contributed by atoms with van der Waals surface area (Å²) in [6.45, 7) is 10.6. The topological polar surface area (TPSA) is 21.9 Å². The van der Waals surface area contributed by atoms with Crippen LogP contribution in [-0.2, 0) is 0 Å². The summed E-state index contributed by atoms with van der Waals surface area (Å²) >= 11 is 0. The minimum atomic E-state index is 0.845. The van der Waals surface area contributed by atoms with Crippen LogP contribution in [0.3, 0.4) is 0 Å². The van der Waals surface area contributed by atoms with Crippen LogP contribution in [0.25, 0.3) is 0 Å². The van der Waals surface area contributed by atoms with Gasteiger partial charge in [0.15, 0.2) is 0 Å². The number of hydrogen-bond donors (Lipinski definition) is 1. The highest BCUT2D eigenvalue weighted by Crippen LogP contribution is 2.27.